The number of hydrogen-bond donors (Lipinski definition) is 0. The van der Waals surface area contributed by atoms with Crippen molar-refractivity contribution < 1.29 is 0 Å². The fraction of sp³-hybridized carbons (Fsp3) is 0.500. The summed E-state index contributed by atoms with van der Waals surface area (Å²) in [4.78, 5) is 8.65. The molecular weight excluding hydrogens is 172 g/mol. The minimum absolute atomic E-state index is 1.12. The maximum Gasteiger partial charge on any atom is 0.0635 e. The molecule has 0 spiro atoms. The van der Waals surface area contributed by atoms with E-state index in [9.17, 15) is 0 Å². The molecule has 0 aromatic heterocycles. The van der Waals surface area contributed by atoms with Crippen molar-refractivity contribution in [2.45, 2.75) is 27.7 Å². The number of rotatable bonds is 0. The molecule has 2 nitrogen and oxygen atoms in total. The lowest BCUT2D eigenvalue weighted by Crippen LogP contribution is -2.19. The highest BCUT2D eigenvalue weighted by atomic mass is 14.7. The van der Waals surface area contributed by atoms with Crippen LogP contribution in [0.3, 0.4) is 0 Å². The molecule has 0 heterocycles. The summed E-state index contributed by atoms with van der Waals surface area (Å²) in [7, 11) is 3.69. The largest absolute Gasteiger partial charge is 0.288 e. The maximum atomic E-state index is 4.33. The fourth-order valence-corrected chi connectivity index (χ4v) is 1.94. The average Bonchev–Trinajstić information content (AvgIpc) is 2.17. The standard InChI is InChI=1S/C12H18N2/c1-7-8(2)12(14-6)10(4)9(3)11(7)13-5/h1-6H3. The highest BCUT2D eigenvalue weighted by Crippen LogP contribution is 2.25. The van der Waals surface area contributed by atoms with E-state index in [2.05, 4.69) is 37.7 Å². The van der Waals surface area contributed by atoms with E-state index in [1.54, 1.807) is 0 Å². The first-order chi connectivity index (χ1) is 6.54. The van der Waals surface area contributed by atoms with E-state index in [0.717, 1.165) is 11.4 Å². The second kappa shape index (κ2) is 3.91. The van der Waals surface area contributed by atoms with Gasteiger partial charge in [-0.3, -0.25) is 9.98 Å². The molecule has 0 aromatic rings. The van der Waals surface area contributed by atoms with Crippen molar-refractivity contribution in [2.24, 2.45) is 9.98 Å². The molecule has 0 unspecified atom stereocenters. The molecule has 76 valence electrons. The van der Waals surface area contributed by atoms with Gasteiger partial charge in [-0.25, -0.2) is 0 Å². The zero-order valence-electron chi connectivity index (χ0n) is 9.89. The molecule has 0 saturated heterocycles. The predicted molar refractivity (Wildman–Crippen MR) is 63.5 cm³/mol. The first-order valence-electron chi connectivity index (χ1n) is 4.84. The van der Waals surface area contributed by atoms with E-state index in [4.69, 9.17) is 0 Å². The lowest BCUT2D eigenvalue weighted by molar-refractivity contribution is 1.27. The molecule has 0 bridgehead atoms. The van der Waals surface area contributed by atoms with Gasteiger partial charge in [-0.2, -0.15) is 0 Å². The first kappa shape index (κ1) is 10.9. The van der Waals surface area contributed by atoms with E-state index in [0.29, 0.717) is 0 Å². The minimum Gasteiger partial charge on any atom is -0.288 e. The third-order valence-corrected chi connectivity index (χ3v) is 2.99. The van der Waals surface area contributed by atoms with Crippen molar-refractivity contribution in [3.05, 3.63) is 22.3 Å². The molecule has 1 aliphatic carbocycles. The summed E-state index contributed by atoms with van der Waals surface area (Å²) in [6.45, 7) is 8.44. The van der Waals surface area contributed by atoms with Crippen molar-refractivity contribution in [3.63, 3.8) is 0 Å². The average molecular weight is 190 g/mol. The summed E-state index contributed by atoms with van der Waals surface area (Å²) in [5, 5.41) is 0. The number of hydrogen-bond acceptors (Lipinski definition) is 2. The second-order valence-corrected chi connectivity index (χ2v) is 3.64. The Balaban J connectivity index is 3.44. The fourth-order valence-electron chi connectivity index (χ4n) is 1.94. The molecule has 0 N–H and O–H groups in total. The Morgan fingerprint density at radius 2 is 0.786 bits per heavy atom. The third-order valence-electron chi connectivity index (χ3n) is 2.99. The Hall–Kier alpha value is -1.18. The zero-order chi connectivity index (χ0) is 10.9. The van der Waals surface area contributed by atoms with Crippen LogP contribution in [0.25, 0.3) is 0 Å². The molecule has 1 rings (SSSR count). The van der Waals surface area contributed by atoms with Crippen LogP contribution in [0.15, 0.2) is 32.3 Å². The Labute approximate surface area is 86.2 Å². The van der Waals surface area contributed by atoms with Crippen LogP contribution in [-0.4, -0.2) is 25.5 Å². The normalized spacial score (nSPS) is 17.9. The van der Waals surface area contributed by atoms with Gasteiger partial charge in [-0.1, -0.05) is 0 Å². The SMILES string of the molecule is CN=C1C(C)=C(C)C(=NC)C(C)=C1C. The van der Waals surface area contributed by atoms with Gasteiger partial charge in [0.15, 0.2) is 0 Å². The van der Waals surface area contributed by atoms with Crippen LogP contribution in [0.2, 0.25) is 0 Å². The van der Waals surface area contributed by atoms with Gasteiger partial charge in [0.05, 0.1) is 11.4 Å². The summed E-state index contributed by atoms with van der Waals surface area (Å²) in [6.07, 6.45) is 0. The molecule has 0 atom stereocenters. The van der Waals surface area contributed by atoms with E-state index >= 15 is 0 Å². The van der Waals surface area contributed by atoms with Gasteiger partial charge in [0.2, 0.25) is 0 Å². The van der Waals surface area contributed by atoms with Crippen LogP contribution in [0.1, 0.15) is 27.7 Å². The van der Waals surface area contributed by atoms with Crippen LogP contribution >= 0.6 is 0 Å². The summed E-state index contributed by atoms with van der Waals surface area (Å²) in [6, 6.07) is 0. The van der Waals surface area contributed by atoms with Gasteiger partial charge in [0.25, 0.3) is 0 Å². The van der Waals surface area contributed by atoms with Gasteiger partial charge >= 0.3 is 0 Å². The molecule has 0 aliphatic heterocycles. The van der Waals surface area contributed by atoms with Crippen LogP contribution in [0.4, 0.5) is 0 Å². The van der Waals surface area contributed by atoms with E-state index in [1.807, 2.05) is 14.1 Å². The van der Waals surface area contributed by atoms with Crippen molar-refractivity contribution in [3.8, 4) is 0 Å². The van der Waals surface area contributed by atoms with Crippen LogP contribution in [-0.2, 0) is 0 Å². The number of nitrogens with zero attached hydrogens (tertiary/aromatic N) is 2. The van der Waals surface area contributed by atoms with Crippen LogP contribution in [0.5, 0.6) is 0 Å². The van der Waals surface area contributed by atoms with E-state index in [1.165, 1.54) is 22.3 Å². The van der Waals surface area contributed by atoms with Crippen LogP contribution < -0.4 is 0 Å². The van der Waals surface area contributed by atoms with Gasteiger partial charge < -0.3 is 0 Å². The molecule has 0 amide bonds. The first-order valence-corrected chi connectivity index (χ1v) is 4.84. The Morgan fingerprint density at radius 3 is 0.929 bits per heavy atom. The smallest absolute Gasteiger partial charge is 0.0635 e. The minimum atomic E-state index is 1.12. The molecular formula is C12H18N2. The molecule has 0 fully saturated rings. The van der Waals surface area contributed by atoms with E-state index < -0.39 is 0 Å². The summed E-state index contributed by atoms with van der Waals surface area (Å²) >= 11 is 0. The lowest BCUT2D eigenvalue weighted by atomic mass is 9.85. The predicted octanol–water partition coefficient (Wildman–Crippen LogP) is 2.81. The van der Waals surface area contributed by atoms with Crippen molar-refractivity contribution in [1.29, 1.82) is 0 Å². The van der Waals surface area contributed by atoms with E-state index in [-0.39, 0.29) is 0 Å². The van der Waals surface area contributed by atoms with Crippen molar-refractivity contribution in [2.75, 3.05) is 14.1 Å². The monoisotopic (exact) mass is 190 g/mol. The zero-order valence-corrected chi connectivity index (χ0v) is 9.89. The van der Waals surface area contributed by atoms with Crippen molar-refractivity contribution in [1.82, 2.24) is 0 Å². The van der Waals surface area contributed by atoms with Crippen molar-refractivity contribution >= 4 is 11.4 Å². The summed E-state index contributed by atoms with van der Waals surface area (Å²) in [5.74, 6) is 0. The second-order valence-electron chi connectivity index (χ2n) is 3.64. The van der Waals surface area contributed by atoms with Gasteiger partial charge in [-0.15, -0.1) is 0 Å². The topological polar surface area (TPSA) is 24.7 Å². The van der Waals surface area contributed by atoms with Gasteiger partial charge in [-0.05, 0) is 50.0 Å². The Morgan fingerprint density at radius 1 is 0.571 bits per heavy atom. The summed E-state index contributed by atoms with van der Waals surface area (Å²) < 4.78 is 0. The molecule has 0 aromatic carbocycles. The number of aliphatic imine (C=N–C) groups is 2. The van der Waals surface area contributed by atoms with Gasteiger partial charge in [0.1, 0.15) is 0 Å². The molecule has 0 radical (unpaired) electrons. The highest BCUT2D eigenvalue weighted by molar-refractivity contribution is 6.27. The Kier molecular flexibility index (Phi) is 3.04. The molecule has 1 aliphatic rings. The molecule has 14 heavy (non-hydrogen) atoms. The maximum absolute atomic E-state index is 4.33. The molecule has 0 saturated carbocycles. The van der Waals surface area contributed by atoms with Crippen LogP contribution in [0, 0.1) is 0 Å². The number of allylic oxidation sites excluding steroid dienone is 4. The quantitative estimate of drug-likeness (QED) is 0.525. The Bertz CT molecular complexity index is 313. The lowest BCUT2D eigenvalue weighted by Gasteiger charge is -2.21. The highest BCUT2D eigenvalue weighted by Gasteiger charge is 2.20. The summed E-state index contributed by atoms with van der Waals surface area (Å²) in [5.41, 5.74) is 7.22. The molecule has 2 heteroatoms. The van der Waals surface area contributed by atoms with Gasteiger partial charge in [0, 0.05) is 14.1 Å². The third kappa shape index (κ3) is 1.45.